The lowest BCUT2D eigenvalue weighted by molar-refractivity contribution is -0.0366. The van der Waals surface area contributed by atoms with Crippen molar-refractivity contribution < 1.29 is 14.3 Å². The highest BCUT2D eigenvalue weighted by Crippen LogP contribution is 2.36. The third-order valence-electron chi connectivity index (χ3n) is 7.12. The summed E-state index contributed by atoms with van der Waals surface area (Å²) in [5, 5.41) is 15.6. The Morgan fingerprint density at radius 2 is 2.03 bits per heavy atom. The summed E-state index contributed by atoms with van der Waals surface area (Å²) < 4.78 is 14.4. The number of carbonyl (C=O) groups excluding carboxylic acids is 1. The van der Waals surface area contributed by atoms with Crippen molar-refractivity contribution in [1.29, 1.82) is 0 Å². The van der Waals surface area contributed by atoms with E-state index in [0.717, 1.165) is 84.7 Å². The largest absolute Gasteiger partial charge is 0.444 e. The van der Waals surface area contributed by atoms with Crippen LogP contribution in [0.3, 0.4) is 0 Å². The first-order valence-corrected chi connectivity index (χ1v) is 14.7. The number of rotatable bonds is 6. The zero-order chi connectivity index (χ0) is 26.9. The number of likely N-dealkylation sites (tertiary alicyclic amines) is 1. The van der Waals surface area contributed by atoms with Crippen LogP contribution in [0.25, 0.3) is 10.9 Å². The van der Waals surface area contributed by atoms with Gasteiger partial charge >= 0.3 is 6.09 Å². The third-order valence-corrected chi connectivity index (χ3v) is 8.37. The molecular weight excluding hydrogens is 572 g/mol. The molecule has 1 aromatic carbocycles. The molecule has 9 nitrogen and oxygen atoms in total. The molecule has 0 saturated carbocycles. The Hall–Kier alpha value is -2.17. The van der Waals surface area contributed by atoms with E-state index in [0.29, 0.717) is 24.0 Å². The lowest BCUT2D eigenvalue weighted by atomic mass is 9.98. The second kappa shape index (κ2) is 11.5. The SMILES string of the molecule is CC(C)(C)OC(=O)N1CCCC(Cn2ncc(CCc3c(Cl)cc4c(cnn4C4CCCCO4)c3Br)n2)C1. The Balaban J connectivity index is 1.21. The van der Waals surface area contributed by atoms with E-state index in [4.69, 9.17) is 26.2 Å². The fraction of sp³-hybridized carbons (Fsp3) is 0.630. The van der Waals surface area contributed by atoms with Gasteiger partial charge in [-0.25, -0.2) is 9.48 Å². The lowest BCUT2D eigenvalue weighted by Gasteiger charge is -2.33. The fourth-order valence-electron chi connectivity index (χ4n) is 5.26. The number of ether oxygens (including phenoxy) is 2. The van der Waals surface area contributed by atoms with Crippen LogP contribution in [0.4, 0.5) is 4.79 Å². The number of aryl methyl sites for hydroxylation is 1. The molecule has 0 aliphatic carbocycles. The summed E-state index contributed by atoms with van der Waals surface area (Å²) in [6.45, 7) is 8.52. The molecule has 38 heavy (non-hydrogen) atoms. The van der Waals surface area contributed by atoms with E-state index in [1.807, 2.05) is 48.8 Å². The number of amides is 1. The van der Waals surface area contributed by atoms with Crippen molar-refractivity contribution in [2.45, 2.75) is 84.1 Å². The van der Waals surface area contributed by atoms with E-state index in [1.54, 1.807) is 4.80 Å². The number of aromatic nitrogens is 5. The minimum Gasteiger partial charge on any atom is -0.444 e. The Kier molecular flexibility index (Phi) is 8.30. The van der Waals surface area contributed by atoms with Gasteiger partial charge in [0.05, 0.1) is 30.1 Å². The molecule has 2 aromatic heterocycles. The van der Waals surface area contributed by atoms with Crippen LogP contribution in [0.1, 0.15) is 70.4 Å². The van der Waals surface area contributed by atoms with Crippen molar-refractivity contribution in [2.75, 3.05) is 19.7 Å². The molecule has 0 spiro atoms. The van der Waals surface area contributed by atoms with E-state index in [9.17, 15) is 4.79 Å². The molecule has 2 aliphatic heterocycles. The van der Waals surface area contributed by atoms with Gasteiger partial charge < -0.3 is 14.4 Å². The fourth-order valence-corrected chi connectivity index (χ4v) is 6.38. The molecular formula is C27H36BrClN6O3. The predicted octanol–water partition coefficient (Wildman–Crippen LogP) is 6.18. The monoisotopic (exact) mass is 606 g/mol. The van der Waals surface area contributed by atoms with Crippen LogP contribution in [0.5, 0.6) is 0 Å². The maximum atomic E-state index is 12.5. The standard InChI is InChI=1S/C27H36BrClN6O3/c1-27(2,3)38-26(36)33-11-6-7-18(16-33)17-34-30-14-19(32-34)9-10-20-22(29)13-23-21(25(20)28)15-31-35(23)24-8-4-5-12-37-24/h13-15,18,24H,4-12,16-17H2,1-3H3. The summed E-state index contributed by atoms with van der Waals surface area (Å²) in [7, 11) is 0. The van der Waals surface area contributed by atoms with Gasteiger partial charge in [-0.15, -0.1) is 0 Å². The minimum atomic E-state index is -0.491. The lowest BCUT2D eigenvalue weighted by Crippen LogP contribution is -2.43. The predicted molar refractivity (Wildman–Crippen MR) is 149 cm³/mol. The molecule has 0 bridgehead atoms. The van der Waals surface area contributed by atoms with E-state index < -0.39 is 5.60 Å². The minimum absolute atomic E-state index is 0.0366. The third kappa shape index (κ3) is 6.34. The second-order valence-electron chi connectivity index (χ2n) is 11.3. The van der Waals surface area contributed by atoms with Gasteiger partial charge in [0.1, 0.15) is 5.60 Å². The number of nitrogens with zero attached hydrogens (tertiary/aromatic N) is 6. The summed E-state index contributed by atoms with van der Waals surface area (Å²) in [5.74, 6) is 0.298. The van der Waals surface area contributed by atoms with Crippen LogP contribution in [-0.2, 0) is 28.9 Å². The van der Waals surface area contributed by atoms with E-state index in [-0.39, 0.29) is 12.3 Å². The first-order chi connectivity index (χ1) is 18.2. The Labute approximate surface area is 236 Å². The van der Waals surface area contributed by atoms with Crippen LogP contribution in [0.2, 0.25) is 5.02 Å². The van der Waals surface area contributed by atoms with Crippen LogP contribution in [0, 0.1) is 5.92 Å². The van der Waals surface area contributed by atoms with Crippen LogP contribution < -0.4 is 0 Å². The number of hydrogen-bond donors (Lipinski definition) is 0. The van der Waals surface area contributed by atoms with Crippen molar-refractivity contribution in [3.05, 3.63) is 39.2 Å². The summed E-state index contributed by atoms with van der Waals surface area (Å²) in [4.78, 5) is 16.1. The number of carbonyl (C=O) groups is 1. The molecule has 3 aromatic rings. The molecule has 11 heteroatoms. The summed E-state index contributed by atoms with van der Waals surface area (Å²) in [6.07, 6.45) is 10.1. The Bertz CT molecular complexity index is 1280. The maximum Gasteiger partial charge on any atom is 0.410 e. The molecule has 0 radical (unpaired) electrons. The molecule has 2 fully saturated rings. The van der Waals surface area contributed by atoms with Crippen molar-refractivity contribution in [3.63, 3.8) is 0 Å². The average molecular weight is 608 g/mol. The molecule has 206 valence electrons. The number of halogens is 2. The van der Waals surface area contributed by atoms with E-state index in [1.165, 1.54) is 0 Å². The molecule has 0 N–H and O–H groups in total. The van der Waals surface area contributed by atoms with Crippen molar-refractivity contribution >= 4 is 44.5 Å². The van der Waals surface area contributed by atoms with E-state index >= 15 is 0 Å². The molecule has 2 unspecified atom stereocenters. The first kappa shape index (κ1) is 27.4. The van der Waals surface area contributed by atoms with Gasteiger partial charge in [0.2, 0.25) is 0 Å². The number of piperidine rings is 1. The number of hydrogen-bond acceptors (Lipinski definition) is 6. The van der Waals surface area contributed by atoms with Crippen LogP contribution in [0.15, 0.2) is 22.9 Å². The number of benzene rings is 1. The van der Waals surface area contributed by atoms with E-state index in [2.05, 4.69) is 26.1 Å². The Morgan fingerprint density at radius 1 is 1.18 bits per heavy atom. The highest BCUT2D eigenvalue weighted by atomic mass is 79.9. The van der Waals surface area contributed by atoms with Crippen molar-refractivity contribution in [3.8, 4) is 0 Å². The second-order valence-corrected chi connectivity index (χ2v) is 12.5. The van der Waals surface area contributed by atoms with Crippen LogP contribution >= 0.6 is 27.5 Å². The molecule has 4 heterocycles. The van der Waals surface area contributed by atoms with Gasteiger partial charge in [0, 0.05) is 34.6 Å². The van der Waals surface area contributed by atoms with Gasteiger partial charge in [-0.3, -0.25) is 0 Å². The van der Waals surface area contributed by atoms with Crippen molar-refractivity contribution in [1.82, 2.24) is 29.7 Å². The summed E-state index contributed by atoms with van der Waals surface area (Å²) in [6, 6.07) is 2.00. The van der Waals surface area contributed by atoms with Gasteiger partial charge in [0.25, 0.3) is 0 Å². The normalized spacial score (nSPS) is 20.7. The molecule has 2 aliphatic rings. The zero-order valence-electron chi connectivity index (χ0n) is 22.3. The van der Waals surface area contributed by atoms with Gasteiger partial charge in [-0.05, 0) is 99.2 Å². The molecule has 2 saturated heterocycles. The Morgan fingerprint density at radius 3 is 2.79 bits per heavy atom. The van der Waals surface area contributed by atoms with Gasteiger partial charge in [-0.1, -0.05) is 11.6 Å². The number of fused-ring (bicyclic) bond motifs is 1. The van der Waals surface area contributed by atoms with Gasteiger partial charge in [-0.2, -0.15) is 20.1 Å². The quantitative estimate of drug-likeness (QED) is 0.333. The molecule has 1 amide bonds. The molecule has 5 rings (SSSR count). The molecule has 2 atom stereocenters. The highest BCUT2D eigenvalue weighted by Gasteiger charge is 2.28. The first-order valence-electron chi connectivity index (χ1n) is 13.5. The summed E-state index contributed by atoms with van der Waals surface area (Å²) in [5.41, 5.74) is 2.45. The van der Waals surface area contributed by atoms with Crippen LogP contribution in [-0.4, -0.2) is 61.1 Å². The average Bonchev–Trinajstić information content (AvgIpc) is 3.50. The topological polar surface area (TPSA) is 87.3 Å². The highest BCUT2D eigenvalue weighted by molar-refractivity contribution is 9.10. The zero-order valence-corrected chi connectivity index (χ0v) is 24.7. The summed E-state index contributed by atoms with van der Waals surface area (Å²) >= 11 is 10.5. The smallest absolute Gasteiger partial charge is 0.410 e. The maximum absolute atomic E-state index is 12.5. The van der Waals surface area contributed by atoms with Crippen molar-refractivity contribution in [2.24, 2.45) is 5.92 Å². The van der Waals surface area contributed by atoms with Gasteiger partial charge in [0.15, 0.2) is 6.23 Å².